The summed E-state index contributed by atoms with van der Waals surface area (Å²) < 4.78 is 0. The lowest BCUT2D eigenvalue weighted by atomic mass is 9.98. The van der Waals surface area contributed by atoms with E-state index in [4.69, 9.17) is 0 Å². The van der Waals surface area contributed by atoms with Gasteiger partial charge in [0, 0.05) is 74.5 Å². The number of nitrogens with zero attached hydrogens (tertiary/aromatic N) is 4. The standard InChI is InChI=1S/C26H24N4O2/c1-29(2)26(32)20-13-23-22(9-10-24(23)28-16-20)19-12-18(14-27-15-19)17-5-7-21(8-6-17)30-11-3-4-25(30)31/h5-9,12-16H,3-4,10-11H2,1-2H3. The van der Waals surface area contributed by atoms with Crippen molar-refractivity contribution in [3.8, 4) is 11.1 Å². The highest BCUT2D eigenvalue weighted by atomic mass is 16.2. The molecule has 3 aromatic rings. The third-order valence-corrected chi connectivity index (χ3v) is 6.05. The molecule has 2 aromatic heterocycles. The molecule has 160 valence electrons. The molecule has 0 spiro atoms. The summed E-state index contributed by atoms with van der Waals surface area (Å²) in [5.74, 6) is 0.129. The minimum absolute atomic E-state index is 0.0602. The van der Waals surface area contributed by atoms with Crippen molar-refractivity contribution in [3.63, 3.8) is 0 Å². The maximum atomic E-state index is 12.4. The summed E-state index contributed by atoms with van der Waals surface area (Å²) in [5.41, 5.74) is 7.58. The first-order chi connectivity index (χ1) is 15.5. The Hall–Kier alpha value is -3.80. The van der Waals surface area contributed by atoms with Gasteiger partial charge in [-0.15, -0.1) is 0 Å². The number of rotatable bonds is 4. The summed E-state index contributed by atoms with van der Waals surface area (Å²) in [6.45, 7) is 0.787. The van der Waals surface area contributed by atoms with Crippen molar-refractivity contribution in [1.82, 2.24) is 14.9 Å². The van der Waals surface area contributed by atoms with Crippen molar-refractivity contribution < 1.29 is 9.59 Å². The van der Waals surface area contributed by atoms with Crippen LogP contribution in [0.3, 0.4) is 0 Å². The fraction of sp³-hybridized carbons (Fsp3) is 0.231. The Balaban J connectivity index is 1.44. The van der Waals surface area contributed by atoms with Gasteiger partial charge in [0.15, 0.2) is 0 Å². The van der Waals surface area contributed by atoms with E-state index >= 15 is 0 Å². The third kappa shape index (κ3) is 3.58. The number of fused-ring (bicyclic) bond motifs is 1. The van der Waals surface area contributed by atoms with E-state index < -0.39 is 0 Å². The van der Waals surface area contributed by atoms with Gasteiger partial charge < -0.3 is 9.80 Å². The van der Waals surface area contributed by atoms with Crippen LogP contribution in [0.15, 0.2) is 61.1 Å². The van der Waals surface area contributed by atoms with Crippen LogP contribution in [0.25, 0.3) is 16.7 Å². The molecule has 1 fully saturated rings. The van der Waals surface area contributed by atoms with E-state index in [2.05, 4.69) is 22.1 Å². The molecule has 6 nitrogen and oxygen atoms in total. The summed E-state index contributed by atoms with van der Waals surface area (Å²) in [7, 11) is 3.48. The molecule has 0 unspecified atom stereocenters. The molecular weight excluding hydrogens is 400 g/mol. The first kappa shape index (κ1) is 20.1. The Bertz CT molecular complexity index is 1240. The van der Waals surface area contributed by atoms with E-state index in [1.54, 1.807) is 25.2 Å². The van der Waals surface area contributed by atoms with Crippen LogP contribution in [-0.2, 0) is 11.2 Å². The normalized spacial score (nSPS) is 15.0. The highest BCUT2D eigenvalue weighted by molar-refractivity contribution is 5.96. The van der Waals surface area contributed by atoms with Gasteiger partial charge in [0.2, 0.25) is 5.91 Å². The molecule has 1 saturated heterocycles. The Labute approximate surface area is 187 Å². The summed E-state index contributed by atoms with van der Waals surface area (Å²) in [6.07, 6.45) is 9.77. The largest absolute Gasteiger partial charge is 0.345 e. The molecule has 1 aliphatic carbocycles. The molecule has 5 rings (SSSR count). The van der Waals surface area contributed by atoms with Crippen LogP contribution in [0.1, 0.15) is 40.0 Å². The molecule has 0 bridgehead atoms. The number of amides is 2. The summed E-state index contributed by atoms with van der Waals surface area (Å²) in [6, 6.07) is 12.1. The van der Waals surface area contributed by atoms with Crippen LogP contribution < -0.4 is 4.90 Å². The minimum Gasteiger partial charge on any atom is -0.345 e. The van der Waals surface area contributed by atoms with Gasteiger partial charge in [0.1, 0.15) is 0 Å². The highest BCUT2D eigenvalue weighted by Gasteiger charge is 2.22. The molecule has 0 N–H and O–H groups in total. The smallest absolute Gasteiger partial charge is 0.254 e. The van der Waals surface area contributed by atoms with Gasteiger partial charge in [0.25, 0.3) is 5.91 Å². The monoisotopic (exact) mass is 424 g/mol. The molecule has 0 saturated carbocycles. The maximum Gasteiger partial charge on any atom is 0.254 e. The number of carbonyl (C=O) groups is 2. The molecule has 6 heteroatoms. The summed E-state index contributed by atoms with van der Waals surface area (Å²) >= 11 is 0. The van der Waals surface area contributed by atoms with E-state index in [9.17, 15) is 9.59 Å². The van der Waals surface area contributed by atoms with Gasteiger partial charge in [0.05, 0.1) is 11.3 Å². The van der Waals surface area contributed by atoms with Crippen molar-refractivity contribution in [3.05, 3.63) is 83.4 Å². The molecule has 32 heavy (non-hydrogen) atoms. The molecule has 0 atom stereocenters. The Morgan fingerprint density at radius 1 is 1.00 bits per heavy atom. The fourth-order valence-electron chi connectivity index (χ4n) is 4.35. The SMILES string of the molecule is CN(C)C(=O)c1cnc2c(c1)C(c1cncc(-c3ccc(N4CCCC4=O)cc3)c1)=CC2. The average Bonchev–Trinajstić information content (AvgIpc) is 3.44. The number of pyridine rings is 2. The Morgan fingerprint density at radius 3 is 2.50 bits per heavy atom. The number of hydrogen-bond donors (Lipinski definition) is 0. The molecular formula is C26H24N4O2. The first-order valence-electron chi connectivity index (χ1n) is 10.8. The van der Waals surface area contributed by atoms with Gasteiger partial charge in [-0.2, -0.15) is 0 Å². The number of aromatic nitrogens is 2. The number of allylic oxidation sites excluding steroid dienone is 1. The van der Waals surface area contributed by atoms with Gasteiger partial charge in [-0.05, 0) is 41.8 Å². The zero-order valence-electron chi connectivity index (χ0n) is 18.2. The zero-order chi connectivity index (χ0) is 22.2. The van der Waals surface area contributed by atoms with Crippen LogP contribution >= 0.6 is 0 Å². The van der Waals surface area contributed by atoms with Crippen molar-refractivity contribution in [1.29, 1.82) is 0 Å². The highest BCUT2D eigenvalue weighted by Crippen LogP contribution is 2.34. The first-order valence-corrected chi connectivity index (χ1v) is 10.8. The van der Waals surface area contributed by atoms with E-state index in [0.29, 0.717) is 12.0 Å². The Kier molecular flexibility index (Phi) is 5.05. The maximum absolute atomic E-state index is 12.4. The van der Waals surface area contributed by atoms with Crippen molar-refractivity contribution in [2.24, 2.45) is 0 Å². The molecule has 2 amide bonds. The van der Waals surface area contributed by atoms with Gasteiger partial charge in [-0.1, -0.05) is 18.2 Å². The van der Waals surface area contributed by atoms with Crippen molar-refractivity contribution in [2.45, 2.75) is 19.3 Å². The van der Waals surface area contributed by atoms with Crippen LogP contribution in [0, 0.1) is 0 Å². The van der Waals surface area contributed by atoms with E-state index in [0.717, 1.165) is 58.6 Å². The van der Waals surface area contributed by atoms with Crippen LogP contribution in [0.2, 0.25) is 0 Å². The van der Waals surface area contributed by atoms with Crippen LogP contribution in [-0.4, -0.2) is 47.3 Å². The van der Waals surface area contributed by atoms with E-state index in [-0.39, 0.29) is 11.8 Å². The molecule has 3 heterocycles. The second kappa shape index (κ2) is 8.04. The summed E-state index contributed by atoms with van der Waals surface area (Å²) in [5, 5.41) is 0. The number of hydrogen-bond acceptors (Lipinski definition) is 4. The van der Waals surface area contributed by atoms with Crippen molar-refractivity contribution >= 4 is 23.1 Å². The molecule has 1 aliphatic heterocycles. The van der Waals surface area contributed by atoms with Crippen LogP contribution in [0.4, 0.5) is 5.69 Å². The lowest BCUT2D eigenvalue weighted by Crippen LogP contribution is -2.23. The predicted molar refractivity (Wildman–Crippen MR) is 124 cm³/mol. The second-order valence-corrected chi connectivity index (χ2v) is 8.40. The number of carbonyl (C=O) groups excluding carboxylic acids is 2. The average molecular weight is 425 g/mol. The fourth-order valence-corrected chi connectivity index (χ4v) is 4.35. The summed E-state index contributed by atoms with van der Waals surface area (Å²) in [4.78, 5) is 36.8. The van der Waals surface area contributed by atoms with Gasteiger partial charge in [-0.3, -0.25) is 19.6 Å². The number of benzene rings is 1. The van der Waals surface area contributed by atoms with E-state index in [1.165, 1.54) is 0 Å². The van der Waals surface area contributed by atoms with Gasteiger partial charge >= 0.3 is 0 Å². The van der Waals surface area contributed by atoms with E-state index in [1.807, 2.05) is 47.6 Å². The molecule has 1 aromatic carbocycles. The predicted octanol–water partition coefficient (Wildman–Crippen LogP) is 3.96. The second-order valence-electron chi connectivity index (χ2n) is 8.40. The quantitative estimate of drug-likeness (QED) is 0.636. The molecule has 0 radical (unpaired) electrons. The lowest BCUT2D eigenvalue weighted by molar-refractivity contribution is -0.117. The van der Waals surface area contributed by atoms with Gasteiger partial charge in [-0.25, -0.2) is 0 Å². The number of anilines is 1. The van der Waals surface area contributed by atoms with Crippen LogP contribution in [0.5, 0.6) is 0 Å². The minimum atomic E-state index is -0.0602. The topological polar surface area (TPSA) is 66.4 Å². The Morgan fingerprint density at radius 2 is 1.78 bits per heavy atom. The third-order valence-electron chi connectivity index (χ3n) is 6.05. The van der Waals surface area contributed by atoms with Crippen molar-refractivity contribution in [2.75, 3.05) is 25.5 Å². The zero-order valence-corrected chi connectivity index (χ0v) is 18.2. The molecule has 2 aliphatic rings. The lowest BCUT2D eigenvalue weighted by Gasteiger charge is -2.16.